The number of hydrogen-bond acceptors (Lipinski definition) is 5. The quantitative estimate of drug-likeness (QED) is 0.418. The van der Waals surface area contributed by atoms with E-state index in [0.29, 0.717) is 41.9 Å². The molecule has 2 aromatic rings. The average Bonchev–Trinajstić information content (AvgIpc) is 3.06. The largest absolute Gasteiger partial charge is 0.464 e. The molecule has 7 nitrogen and oxygen atoms in total. The summed E-state index contributed by atoms with van der Waals surface area (Å²) >= 11 is 0. The molecule has 0 aliphatic heterocycles. The monoisotopic (exact) mass is 478 g/mol. The molecule has 1 aromatic carbocycles. The Morgan fingerprint density at radius 3 is 2.27 bits per heavy atom. The first kappa shape index (κ1) is 25.1. The molecule has 9 heteroatoms. The maximum atomic E-state index is 13.5. The van der Waals surface area contributed by atoms with Gasteiger partial charge in [-0.1, -0.05) is 19.3 Å². The van der Waals surface area contributed by atoms with Crippen molar-refractivity contribution >= 4 is 21.8 Å². The van der Waals surface area contributed by atoms with E-state index in [0.717, 1.165) is 31.4 Å². The molecule has 1 saturated carbocycles. The number of benzene rings is 1. The lowest BCUT2D eigenvalue weighted by atomic mass is 9.95. The van der Waals surface area contributed by atoms with Crippen LogP contribution in [0.1, 0.15) is 71.1 Å². The second kappa shape index (κ2) is 10.2. The molecule has 1 heterocycles. The molecule has 0 spiro atoms. The number of Topliss-reactive ketones (excluding diaryl/α,β-unsaturated/α-hetero) is 1. The highest BCUT2D eigenvalue weighted by Gasteiger charge is 2.36. The minimum atomic E-state index is -4.03. The summed E-state index contributed by atoms with van der Waals surface area (Å²) < 4.78 is 48.4. The number of ketones is 1. The van der Waals surface area contributed by atoms with Crippen LogP contribution in [0.25, 0.3) is 0 Å². The van der Waals surface area contributed by atoms with Gasteiger partial charge >= 0.3 is 5.97 Å². The molecule has 0 saturated heterocycles. The van der Waals surface area contributed by atoms with E-state index >= 15 is 0 Å². The Bertz CT molecular complexity index is 1130. The molecule has 1 aromatic heterocycles. The minimum Gasteiger partial charge on any atom is -0.464 e. The zero-order valence-corrected chi connectivity index (χ0v) is 20.4. The van der Waals surface area contributed by atoms with E-state index in [-0.39, 0.29) is 23.3 Å². The number of halogens is 1. The summed E-state index contributed by atoms with van der Waals surface area (Å²) in [5, 5.41) is 0. The summed E-state index contributed by atoms with van der Waals surface area (Å²) in [4.78, 5) is 25.8. The van der Waals surface area contributed by atoms with Gasteiger partial charge in [-0.05, 0) is 63.4 Å². The highest BCUT2D eigenvalue weighted by molar-refractivity contribution is 7.89. The van der Waals surface area contributed by atoms with Crippen LogP contribution in [0.3, 0.4) is 0 Å². The van der Waals surface area contributed by atoms with Gasteiger partial charge in [0.15, 0.2) is 5.78 Å². The zero-order valence-electron chi connectivity index (χ0n) is 19.6. The number of hydrogen-bond donors (Lipinski definition) is 0. The molecular formula is C24H31FN2O5S. The van der Waals surface area contributed by atoms with E-state index < -0.39 is 21.8 Å². The minimum absolute atomic E-state index is 0.0444. The molecule has 0 radical (unpaired) electrons. The number of carbonyl (C=O) groups is 2. The van der Waals surface area contributed by atoms with Gasteiger partial charge in [0, 0.05) is 23.8 Å². The first-order chi connectivity index (χ1) is 15.6. The van der Waals surface area contributed by atoms with Gasteiger partial charge in [-0.3, -0.25) is 4.79 Å². The van der Waals surface area contributed by atoms with Crippen molar-refractivity contribution in [3.63, 3.8) is 0 Å². The van der Waals surface area contributed by atoms with Crippen molar-refractivity contribution in [2.75, 3.05) is 13.7 Å². The van der Waals surface area contributed by atoms with Gasteiger partial charge in [-0.2, -0.15) is 4.31 Å². The predicted octanol–water partition coefficient (Wildman–Crippen LogP) is 4.26. The third kappa shape index (κ3) is 4.89. The lowest BCUT2D eigenvalue weighted by Gasteiger charge is -2.33. The Balaban J connectivity index is 2.04. The van der Waals surface area contributed by atoms with Gasteiger partial charge in [0.05, 0.1) is 18.6 Å². The van der Waals surface area contributed by atoms with Crippen molar-refractivity contribution in [3.8, 4) is 0 Å². The summed E-state index contributed by atoms with van der Waals surface area (Å²) in [7, 11) is -2.75. The van der Waals surface area contributed by atoms with E-state index in [1.165, 1.54) is 23.5 Å². The van der Waals surface area contributed by atoms with Crippen molar-refractivity contribution < 1.29 is 27.1 Å². The van der Waals surface area contributed by atoms with Crippen molar-refractivity contribution in [3.05, 3.63) is 52.6 Å². The molecule has 0 amide bonds. The van der Waals surface area contributed by atoms with Crippen molar-refractivity contribution in [1.82, 2.24) is 8.87 Å². The summed E-state index contributed by atoms with van der Waals surface area (Å²) in [6, 6.07) is 4.35. The molecule has 0 bridgehead atoms. The molecule has 1 fully saturated rings. The molecule has 3 rings (SSSR count). The van der Waals surface area contributed by atoms with Crippen LogP contribution in [0.5, 0.6) is 0 Å². The molecule has 180 valence electrons. The number of aromatic nitrogens is 1. The number of carbonyl (C=O) groups excluding carboxylic acids is 2. The fourth-order valence-electron chi connectivity index (χ4n) is 4.80. The Morgan fingerprint density at radius 1 is 1.12 bits per heavy atom. The Labute approximate surface area is 194 Å². The average molecular weight is 479 g/mol. The second-order valence-corrected chi connectivity index (χ2v) is 10.3. The highest BCUT2D eigenvalue weighted by atomic mass is 32.2. The molecule has 1 aliphatic carbocycles. The summed E-state index contributed by atoms with van der Waals surface area (Å²) in [6.07, 6.45) is 4.11. The molecule has 0 atom stereocenters. The van der Waals surface area contributed by atoms with Crippen molar-refractivity contribution in [2.24, 2.45) is 0 Å². The number of ether oxygens (including phenoxy) is 1. The normalized spacial score (nSPS) is 15.1. The SMILES string of the molecule is CCn1c(C)c(C(=O)CN(C2CCCCC2)S(=O)(=O)c2ccc(F)cc2)c(C)c1C(=O)OC. The smallest absolute Gasteiger partial charge is 0.354 e. The summed E-state index contributed by atoms with van der Waals surface area (Å²) in [5.41, 5.74) is 1.72. The fourth-order valence-corrected chi connectivity index (χ4v) is 6.44. The third-order valence-corrected chi connectivity index (χ3v) is 8.35. The van der Waals surface area contributed by atoms with Gasteiger partial charge in [0.25, 0.3) is 0 Å². The maximum absolute atomic E-state index is 13.5. The topological polar surface area (TPSA) is 85.7 Å². The lowest BCUT2D eigenvalue weighted by molar-refractivity contribution is 0.0587. The van der Waals surface area contributed by atoms with Crippen LogP contribution in [0, 0.1) is 19.7 Å². The van der Waals surface area contributed by atoms with Crippen LogP contribution < -0.4 is 0 Å². The van der Waals surface area contributed by atoms with Crippen LogP contribution in [-0.4, -0.2) is 48.7 Å². The molecule has 1 aliphatic rings. The molecule has 0 unspecified atom stereocenters. The van der Waals surface area contributed by atoms with Gasteiger partial charge in [0.1, 0.15) is 11.5 Å². The third-order valence-electron chi connectivity index (χ3n) is 6.44. The van der Waals surface area contributed by atoms with E-state index in [4.69, 9.17) is 4.74 Å². The van der Waals surface area contributed by atoms with Crippen LogP contribution in [-0.2, 0) is 21.3 Å². The first-order valence-corrected chi connectivity index (χ1v) is 12.7. The van der Waals surface area contributed by atoms with Crippen LogP contribution >= 0.6 is 0 Å². The Hall–Kier alpha value is -2.52. The van der Waals surface area contributed by atoms with Gasteiger partial charge in [-0.25, -0.2) is 17.6 Å². The standard InChI is InChI=1S/C24H31FN2O5S/c1-5-26-17(3)22(16(2)23(26)24(29)32-4)21(28)15-27(19-9-7-6-8-10-19)33(30,31)20-13-11-18(25)12-14-20/h11-14,19H,5-10,15H2,1-4H3. The first-order valence-electron chi connectivity index (χ1n) is 11.2. The fraction of sp³-hybridized carbons (Fsp3) is 0.500. The Morgan fingerprint density at radius 2 is 1.73 bits per heavy atom. The van der Waals surface area contributed by atoms with Crippen LogP contribution in [0.4, 0.5) is 4.39 Å². The molecule has 0 N–H and O–H groups in total. The lowest BCUT2D eigenvalue weighted by Crippen LogP contribution is -2.44. The predicted molar refractivity (Wildman–Crippen MR) is 122 cm³/mol. The van der Waals surface area contributed by atoms with Crippen LogP contribution in [0.15, 0.2) is 29.2 Å². The van der Waals surface area contributed by atoms with Gasteiger partial charge in [-0.15, -0.1) is 0 Å². The summed E-state index contributed by atoms with van der Waals surface area (Å²) in [6.45, 7) is 5.40. The van der Waals surface area contributed by atoms with E-state index in [1.54, 1.807) is 18.4 Å². The zero-order chi connectivity index (χ0) is 24.3. The van der Waals surface area contributed by atoms with Crippen molar-refractivity contribution in [2.45, 2.75) is 70.4 Å². The maximum Gasteiger partial charge on any atom is 0.354 e. The van der Waals surface area contributed by atoms with Gasteiger partial charge in [0.2, 0.25) is 10.0 Å². The number of esters is 1. The number of sulfonamides is 1. The number of methoxy groups -OCH3 is 1. The highest BCUT2D eigenvalue weighted by Crippen LogP contribution is 2.30. The van der Waals surface area contributed by atoms with Crippen LogP contribution in [0.2, 0.25) is 0 Å². The van der Waals surface area contributed by atoms with E-state index in [9.17, 15) is 22.4 Å². The van der Waals surface area contributed by atoms with Crippen molar-refractivity contribution in [1.29, 1.82) is 0 Å². The summed E-state index contributed by atoms with van der Waals surface area (Å²) in [5.74, 6) is -1.45. The van der Waals surface area contributed by atoms with E-state index in [1.807, 2.05) is 6.92 Å². The van der Waals surface area contributed by atoms with E-state index in [2.05, 4.69) is 0 Å². The number of rotatable bonds is 8. The second-order valence-electron chi connectivity index (χ2n) is 8.39. The number of nitrogens with zero attached hydrogens (tertiary/aromatic N) is 2. The van der Waals surface area contributed by atoms with Gasteiger partial charge < -0.3 is 9.30 Å². The molecular weight excluding hydrogens is 447 g/mol. The Kier molecular flexibility index (Phi) is 7.74. The molecule has 33 heavy (non-hydrogen) atoms.